The maximum atomic E-state index is 9.88. The Morgan fingerprint density at radius 2 is 2.12 bits per heavy atom. The summed E-state index contributed by atoms with van der Waals surface area (Å²) in [7, 11) is -3.61. The van der Waals surface area contributed by atoms with Crippen molar-refractivity contribution in [2.24, 2.45) is 5.73 Å². The topological polar surface area (TPSA) is 80.4 Å². The Morgan fingerprint density at radius 1 is 1.75 bits per heavy atom. The van der Waals surface area contributed by atoms with Crippen molar-refractivity contribution in [2.75, 3.05) is 0 Å². The summed E-state index contributed by atoms with van der Waals surface area (Å²) in [5, 5.41) is -0.579. The summed E-state index contributed by atoms with van der Waals surface area (Å²) < 4.78 is 27.8. The van der Waals surface area contributed by atoms with Crippen molar-refractivity contribution in [2.45, 2.75) is 12.3 Å². The zero-order chi connectivity index (χ0) is 6.78. The molecule has 0 heterocycles. The number of hydrogen-bond donors (Lipinski definition) is 2. The maximum Gasteiger partial charge on any atom is 0.321 e. The van der Waals surface area contributed by atoms with Gasteiger partial charge in [-0.3, -0.25) is 4.55 Å². The number of nitrogens with two attached hydrogens (primary N) is 1. The molecule has 0 fully saturated rings. The van der Waals surface area contributed by atoms with Crippen LogP contribution < -0.4 is 5.73 Å². The van der Waals surface area contributed by atoms with Crippen molar-refractivity contribution in [1.82, 2.24) is 0 Å². The van der Waals surface area contributed by atoms with Gasteiger partial charge in [-0.05, 0) is 6.92 Å². The van der Waals surface area contributed by atoms with Gasteiger partial charge < -0.3 is 5.73 Å². The molecule has 8 heavy (non-hydrogen) atoms. The third-order valence-electron chi connectivity index (χ3n) is 0.273. The molecule has 1 unspecified atom stereocenters. The first-order chi connectivity index (χ1) is 3.42. The summed E-state index contributed by atoms with van der Waals surface area (Å²) in [5.74, 6) is 0. The first-order valence-corrected chi connectivity index (χ1v) is 4.67. The van der Waals surface area contributed by atoms with E-state index < -0.39 is 14.5 Å². The lowest BCUT2D eigenvalue weighted by atomic mass is 10.8. The summed E-state index contributed by atoms with van der Waals surface area (Å²) >= 11 is 0. The summed E-state index contributed by atoms with van der Waals surface area (Å²) in [6, 6.07) is 0. The zero-order valence-corrected chi connectivity index (χ0v) is 5.87. The van der Waals surface area contributed by atoms with E-state index in [9.17, 15) is 8.42 Å². The molecular formula is C2H7NO3S2. The van der Waals surface area contributed by atoms with E-state index in [4.69, 9.17) is 10.3 Å². The fraction of sp³-hybridized carbons (Fsp3) is 1.00. The molecule has 0 amide bonds. The minimum absolute atomic E-state index is 0.317. The molecule has 0 aromatic rings. The second-order valence-corrected chi connectivity index (χ2v) is 4.86. The van der Waals surface area contributed by atoms with Crippen molar-refractivity contribution < 1.29 is 13.0 Å². The maximum absolute atomic E-state index is 9.88. The van der Waals surface area contributed by atoms with Crippen molar-refractivity contribution in [3.63, 3.8) is 0 Å². The second-order valence-electron chi connectivity index (χ2n) is 1.23. The fourth-order valence-electron chi connectivity index (χ4n) is 0.192. The Morgan fingerprint density at radius 3 is 2.12 bits per heavy atom. The highest BCUT2D eigenvalue weighted by molar-refractivity contribution is 8.70. The van der Waals surface area contributed by atoms with Gasteiger partial charge in [0, 0.05) is 10.8 Å². The molecule has 50 valence electrons. The van der Waals surface area contributed by atoms with Gasteiger partial charge in [0.15, 0.2) is 0 Å². The van der Waals surface area contributed by atoms with Gasteiger partial charge in [0.2, 0.25) is 0 Å². The van der Waals surface area contributed by atoms with Crippen molar-refractivity contribution in [1.29, 1.82) is 0 Å². The Balaban J connectivity index is 3.75. The molecule has 0 aliphatic heterocycles. The van der Waals surface area contributed by atoms with Crippen LogP contribution in [-0.4, -0.2) is 18.3 Å². The van der Waals surface area contributed by atoms with E-state index in [1.165, 1.54) is 6.92 Å². The predicted molar refractivity (Wildman–Crippen MR) is 32.8 cm³/mol. The standard InChI is InChI=1S/C2H7NO3S2/c1-2(3)7-8(4,5)6/h2H,3H2,1H3,(H,4,5,6). The van der Waals surface area contributed by atoms with E-state index in [2.05, 4.69) is 0 Å². The molecule has 0 saturated carbocycles. The Bertz CT molecular complexity index is 149. The first-order valence-electron chi connectivity index (χ1n) is 1.83. The van der Waals surface area contributed by atoms with Crippen LogP contribution in [0.2, 0.25) is 0 Å². The first kappa shape index (κ1) is 8.22. The third-order valence-corrected chi connectivity index (χ3v) is 2.46. The van der Waals surface area contributed by atoms with E-state index in [0.29, 0.717) is 10.8 Å². The minimum Gasteiger partial charge on any atom is -0.319 e. The fourth-order valence-corrected chi connectivity index (χ4v) is 1.73. The molecule has 0 aliphatic carbocycles. The van der Waals surface area contributed by atoms with Crippen LogP contribution in [0.25, 0.3) is 0 Å². The lowest BCUT2D eigenvalue weighted by Gasteiger charge is -1.97. The highest BCUT2D eigenvalue weighted by atomic mass is 33.1. The Kier molecular flexibility index (Phi) is 2.75. The molecule has 4 nitrogen and oxygen atoms in total. The molecule has 0 saturated heterocycles. The van der Waals surface area contributed by atoms with Gasteiger partial charge in [-0.15, -0.1) is 0 Å². The Labute approximate surface area is 51.6 Å². The van der Waals surface area contributed by atoms with Gasteiger partial charge in [-0.1, -0.05) is 0 Å². The number of rotatable bonds is 2. The highest BCUT2D eigenvalue weighted by Gasteiger charge is 2.07. The molecule has 6 heteroatoms. The highest BCUT2D eigenvalue weighted by Crippen LogP contribution is 2.11. The largest absolute Gasteiger partial charge is 0.321 e. The van der Waals surface area contributed by atoms with Crippen LogP contribution in [0.4, 0.5) is 0 Å². The average molecular weight is 157 g/mol. The van der Waals surface area contributed by atoms with Crippen LogP contribution in [0.3, 0.4) is 0 Å². The van der Waals surface area contributed by atoms with Gasteiger partial charge >= 0.3 is 9.15 Å². The van der Waals surface area contributed by atoms with E-state index >= 15 is 0 Å². The molecule has 0 aromatic heterocycles. The van der Waals surface area contributed by atoms with E-state index in [1.54, 1.807) is 0 Å². The van der Waals surface area contributed by atoms with Crippen LogP contribution >= 0.6 is 10.8 Å². The zero-order valence-electron chi connectivity index (χ0n) is 4.23. The van der Waals surface area contributed by atoms with E-state index in [1.807, 2.05) is 0 Å². The third kappa shape index (κ3) is 6.22. The van der Waals surface area contributed by atoms with E-state index in [0.717, 1.165) is 0 Å². The van der Waals surface area contributed by atoms with Crippen LogP contribution in [0.1, 0.15) is 6.92 Å². The van der Waals surface area contributed by atoms with Gasteiger partial charge in [-0.25, -0.2) is 0 Å². The summed E-state index contributed by atoms with van der Waals surface area (Å²) in [4.78, 5) is 0. The van der Waals surface area contributed by atoms with Crippen molar-refractivity contribution in [3.8, 4) is 0 Å². The SMILES string of the molecule is CC(N)SS(=O)(=O)O. The summed E-state index contributed by atoms with van der Waals surface area (Å²) in [6.07, 6.45) is 0. The minimum atomic E-state index is -3.93. The molecular weight excluding hydrogens is 150 g/mol. The van der Waals surface area contributed by atoms with Crippen LogP contribution in [0.5, 0.6) is 0 Å². The molecule has 0 rings (SSSR count). The predicted octanol–water partition coefficient (Wildman–Crippen LogP) is -0.173. The van der Waals surface area contributed by atoms with Gasteiger partial charge in [-0.2, -0.15) is 8.42 Å². The Hall–Kier alpha value is 0.220. The number of hydrogen-bond acceptors (Lipinski definition) is 4. The summed E-state index contributed by atoms with van der Waals surface area (Å²) in [5.41, 5.74) is 5.00. The molecule has 0 spiro atoms. The molecule has 1 atom stereocenters. The van der Waals surface area contributed by atoms with Crippen LogP contribution in [0.15, 0.2) is 0 Å². The van der Waals surface area contributed by atoms with Crippen LogP contribution in [-0.2, 0) is 9.15 Å². The lowest BCUT2D eigenvalue weighted by Crippen LogP contribution is -2.12. The van der Waals surface area contributed by atoms with Gasteiger partial charge in [0.05, 0.1) is 5.37 Å². The summed E-state index contributed by atoms with van der Waals surface area (Å²) in [6.45, 7) is 1.47. The average Bonchev–Trinajstić information content (AvgIpc) is 1.21. The normalized spacial score (nSPS) is 15.9. The molecule has 0 bridgehead atoms. The van der Waals surface area contributed by atoms with Crippen LogP contribution in [0, 0.1) is 0 Å². The van der Waals surface area contributed by atoms with Crippen molar-refractivity contribution >= 4 is 19.9 Å². The lowest BCUT2D eigenvalue weighted by molar-refractivity contribution is 0.502. The molecule has 3 N–H and O–H groups in total. The van der Waals surface area contributed by atoms with Gasteiger partial charge in [0.25, 0.3) is 0 Å². The molecule has 0 aliphatic rings. The monoisotopic (exact) mass is 157 g/mol. The van der Waals surface area contributed by atoms with Crippen molar-refractivity contribution in [3.05, 3.63) is 0 Å². The van der Waals surface area contributed by atoms with E-state index in [-0.39, 0.29) is 0 Å². The second kappa shape index (κ2) is 2.67. The molecule has 0 radical (unpaired) electrons. The van der Waals surface area contributed by atoms with Gasteiger partial charge in [0.1, 0.15) is 0 Å². The smallest absolute Gasteiger partial charge is 0.319 e. The molecule has 0 aromatic carbocycles. The quantitative estimate of drug-likeness (QED) is 0.330.